The smallest absolute Gasteiger partial charge is 0.311 e. The van der Waals surface area contributed by atoms with Crippen LogP contribution in [-0.2, 0) is 12.6 Å². The van der Waals surface area contributed by atoms with Crippen molar-refractivity contribution < 1.29 is 13.2 Å². The van der Waals surface area contributed by atoms with Gasteiger partial charge in [-0.25, -0.2) is 0 Å². The van der Waals surface area contributed by atoms with E-state index in [1.54, 1.807) is 12.1 Å². The van der Waals surface area contributed by atoms with Gasteiger partial charge in [-0.3, -0.25) is 0 Å². The summed E-state index contributed by atoms with van der Waals surface area (Å²) in [5, 5.41) is 3.29. The average molecular weight is 243 g/mol. The van der Waals surface area contributed by atoms with Gasteiger partial charge in [-0.05, 0) is 44.4 Å². The van der Waals surface area contributed by atoms with Gasteiger partial charge in [0.05, 0.1) is 5.56 Å². The van der Waals surface area contributed by atoms with Gasteiger partial charge in [0.15, 0.2) is 0 Å². The number of nitrogens with one attached hydrogen (secondary N) is 1. The molecule has 1 aliphatic heterocycles. The molecule has 0 amide bonds. The Morgan fingerprint density at radius 2 is 2.00 bits per heavy atom. The lowest BCUT2D eigenvalue weighted by molar-refractivity contribution is -0.138. The molecule has 0 saturated carbocycles. The molecule has 1 aromatic rings. The van der Waals surface area contributed by atoms with Crippen molar-refractivity contribution in [3.8, 4) is 0 Å². The van der Waals surface area contributed by atoms with Crippen molar-refractivity contribution in [2.75, 3.05) is 6.54 Å². The van der Waals surface area contributed by atoms with Gasteiger partial charge in [0.1, 0.15) is 0 Å². The maximum atomic E-state index is 12.8. The quantitative estimate of drug-likeness (QED) is 0.839. The Balaban J connectivity index is 2.26. The minimum Gasteiger partial charge on any atom is -0.311 e. The van der Waals surface area contributed by atoms with Crippen molar-refractivity contribution in [2.24, 2.45) is 0 Å². The highest BCUT2D eigenvalue weighted by Gasteiger charge is 2.36. The summed E-state index contributed by atoms with van der Waals surface area (Å²) in [6, 6.07) is 5.85. The van der Waals surface area contributed by atoms with Crippen LogP contribution in [0.1, 0.15) is 30.9 Å². The molecule has 0 spiro atoms. The fraction of sp³-hybridized carbons (Fsp3) is 0.538. The van der Waals surface area contributed by atoms with Gasteiger partial charge in [-0.15, -0.1) is 0 Å². The first kappa shape index (κ1) is 12.4. The molecule has 0 bridgehead atoms. The molecule has 1 fully saturated rings. The number of alkyl halides is 3. The molecule has 1 aromatic carbocycles. The fourth-order valence-corrected chi connectivity index (χ4v) is 2.48. The third kappa shape index (κ3) is 2.80. The second-order valence-corrected chi connectivity index (χ2v) is 4.92. The average Bonchev–Trinajstić information content (AvgIpc) is 2.64. The molecule has 1 heterocycles. The number of hydrogen-bond donors (Lipinski definition) is 1. The van der Waals surface area contributed by atoms with Crippen LogP contribution in [0.4, 0.5) is 13.2 Å². The monoisotopic (exact) mass is 243 g/mol. The molecule has 0 radical (unpaired) electrons. The van der Waals surface area contributed by atoms with Crippen LogP contribution in [0.15, 0.2) is 24.3 Å². The molecule has 1 aliphatic rings. The maximum Gasteiger partial charge on any atom is 0.416 e. The van der Waals surface area contributed by atoms with Crippen LogP contribution in [0, 0.1) is 0 Å². The van der Waals surface area contributed by atoms with Crippen molar-refractivity contribution in [3.63, 3.8) is 0 Å². The normalized spacial score (nSPS) is 25.2. The number of rotatable bonds is 2. The summed E-state index contributed by atoms with van der Waals surface area (Å²) in [5.41, 5.74) is -0.312. The summed E-state index contributed by atoms with van der Waals surface area (Å²) < 4.78 is 38.5. The molecule has 1 nitrogen and oxygen atoms in total. The highest BCUT2D eigenvalue weighted by molar-refractivity contribution is 5.31. The Hall–Kier alpha value is -1.03. The third-order valence-electron chi connectivity index (χ3n) is 3.36. The van der Waals surface area contributed by atoms with Crippen LogP contribution in [0.2, 0.25) is 0 Å². The predicted octanol–water partition coefficient (Wildman–Crippen LogP) is 3.39. The molecule has 2 rings (SSSR count). The van der Waals surface area contributed by atoms with E-state index in [-0.39, 0.29) is 5.54 Å². The Morgan fingerprint density at radius 1 is 1.29 bits per heavy atom. The van der Waals surface area contributed by atoms with Crippen LogP contribution >= 0.6 is 0 Å². The van der Waals surface area contributed by atoms with E-state index in [0.717, 1.165) is 25.5 Å². The molecule has 4 heteroatoms. The van der Waals surface area contributed by atoms with Crippen LogP contribution in [-0.4, -0.2) is 12.1 Å². The Morgan fingerprint density at radius 3 is 2.59 bits per heavy atom. The summed E-state index contributed by atoms with van der Waals surface area (Å²) >= 11 is 0. The van der Waals surface area contributed by atoms with Gasteiger partial charge in [0.2, 0.25) is 0 Å². The van der Waals surface area contributed by atoms with Gasteiger partial charge in [0, 0.05) is 5.54 Å². The topological polar surface area (TPSA) is 12.0 Å². The maximum absolute atomic E-state index is 12.8. The Kier molecular flexibility index (Phi) is 3.17. The van der Waals surface area contributed by atoms with Gasteiger partial charge in [0.25, 0.3) is 0 Å². The van der Waals surface area contributed by atoms with Crippen LogP contribution < -0.4 is 5.32 Å². The molecule has 1 N–H and O–H groups in total. The predicted molar refractivity (Wildman–Crippen MR) is 60.8 cm³/mol. The minimum atomic E-state index is -4.26. The summed E-state index contributed by atoms with van der Waals surface area (Å²) in [6.45, 7) is 2.89. The van der Waals surface area contributed by atoms with Crippen molar-refractivity contribution in [1.29, 1.82) is 0 Å². The third-order valence-corrected chi connectivity index (χ3v) is 3.36. The summed E-state index contributed by atoms with van der Waals surface area (Å²) in [7, 11) is 0. The summed E-state index contributed by atoms with van der Waals surface area (Å²) in [6.07, 6.45) is -1.86. The molecule has 17 heavy (non-hydrogen) atoms. The first-order chi connectivity index (χ1) is 7.91. The molecular formula is C13H16F3N. The SMILES string of the molecule is C[C@@]1(Cc2ccccc2C(F)(F)F)CCCN1. The van der Waals surface area contributed by atoms with Crippen molar-refractivity contribution in [2.45, 2.75) is 37.9 Å². The lowest BCUT2D eigenvalue weighted by Crippen LogP contribution is -2.38. The first-order valence-corrected chi connectivity index (χ1v) is 5.81. The Labute approximate surface area is 99.0 Å². The molecule has 0 aliphatic carbocycles. The highest BCUT2D eigenvalue weighted by atomic mass is 19.4. The van der Waals surface area contributed by atoms with E-state index >= 15 is 0 Å². The van der Waals surface area contributed by atoms with E-state index in [9.17, 15) is 13.2 Å². The second-order valence-electron chi connectivity index (χ2n) is 4.92. The lowest BCUT2D eigenvalue weighted by atomic mass is 9.89. The van der Waals surface area contributed by atoms with E-state index in [2.05, 4.69) is 5.32 Å². The molecular weight excluding hydrogens is 227 g/mol. The zero-order valence-electron chi connectivity index (χ0n) is 9.77. The zero-order chi connectivity index (χ0) is 12.5. The number of halogens is 3. The molecule has 0 unspecified atom stereocenters. The molecule has 0 aromatic heterocycles. The zero-order valence-corrected chi connectivity index (χ0v) is 9.77. The van der Waals surface area contributed by atoms with E-state index in [1.807, 2.05) is 6.92 Å². The summed E-state index contributed by atoms with van der Waals surface area (Å²) in [4.78, 5) is 0. The molecule has 1 atom stereocenters. The second kappa shape index (κ2) is 4.33. The largest absolute Gasteiger partial charge is 0.416 e. The summed E-state index contributed by atoms with van der Waals surface area (Å²) in [5.74, 6) is 0. The van der Waals surface area contributed by atoms with Crippen LogP contribution in [0.25, 0.3) is 0 Å². The van der Waals surface area contributed by atoms with Gasteiger partial charge < -0.3 is 5.32 Å². The van der Waals surface area contributed by atoms with Crippen LogP contribution in [0.3, 0.4) is 0 Å². The Bertz CT molecular complexity index is 392. The molecule has 1 saturated heterocycles. The lowest BCUT2D eigenvalue weighted by Gasteiger charge is -2.26. The van der Waals surface area contributed by atoms with Crippen molar-refractivity contribution >= 4 is 0 Å². The van der Waals surface area contributed by atoms with E-state index in [0.29, 0.717) is 12.0 Å². The van der Waals surface area contributed by atoms with Gasteiger partial charge in [-0.2, -0.15) is 13.2 Å². The van der Waals surface area contributed by atoms with Crippen LogP contribution in [0.5, 0.6) is 0 Å². The first-order valence-electron chi connectivity index (χ1n) is 5.81. The number of benzene rings is 1. The standard InChI is InChI=1S/C13H16F3N/c1-12(7-4-8-17-12)9-10-5-2-3-6-11(10)13(14,15)16/h2-3,5-6,17H,4,7-9H2,1H3/t12-/m0/s1. The van der Waals surface area contributed by atoms with E-state index < -0.39 is 11.7 Å². The fourth-order valence-electron chi connectivity index (χ4n) is 2.48. The van der Waals surface area contributed by atoms with E-state index in [1.165, 1.54) is 6.07 Å². The minimum absolute atomic E-state index is 0.193. The number of hydrogen-bond acceptors (Lipinski definition) is 1. The van der Waals surface area contributed by atoms with Gasteiger partial charge >= 0.3 is 6.18 Å². The van der Waals surface area contributed by atoms with E-state index in [4.69, 9.17) is 0 Å². The van der Waals surface area contributed by atoms with Crippen molar-refractivity contribution in [1.82, 2.24) is 5.32 Å². The van der Waals surface area contributed by atoms with Gasteiger partial charge in [-0.1, -0.05) is 18.2 Å². The van der Waals surface area contributed by atoms with Crippen molar-refractivity contribution in [3.05, 3.63) is 35.4 Å². The highest BCUT2D eigenvalue weighted by Crippen LogP contribution is 2.34. The molecule has 94 valence electrons.